The fourth-order valence-corrected chi connectivity index (χ4v) is 4.65. The van der Waals surface area contributed by atoms with Gasteiger partial charge < -0.3 is 4.74 Å². The summed E-state index contributed by atoms with van der Waals surface area (Å²) in [6.07, 6.45) is 8.02. The van der Waals surface area contributed by atoms with Crippen molar-refractivity contribution in [1.82, 2.24) is 9.47 Å². The monoisotopic (exact) mass is 372 g/mol. The van der Waals surface area contributed by atoms with E-state index < -0.39 is 0 Å². The molecule has 3 aromatic rings. The highest BCUT2D eigenvalue weighted by Gasteiger charge is 2.29. The Kier molecular flexibility index (Phi) is 4.29. The average Bonchev–Trinajstić information content (AvgIpc) is 3.37. The highest BCUT2D eigenvalue weighted by Crippen LogP contribution is 2.36. The summed E-state index contributed by atoms with van der Waals surface area (Å²) in [5.74, 6) is 0.666. The number of hydrogen-bond donors (Lipinski definition) is 0. The number of methoxy groups -OCH3 is 1. The number of benzene rings is 2. The molecule has 0 aliphatic carbocycles. The van der Waals surface area contributed by atoms with Crippen molar-refractivity contribution in [3.63, 3.8) is 0 Å². The van der Waals surface area contributed by atoms with Gasteiger partial charge in [0.15, 0.2) is 0 Å². The van der Waals surface area contributed by atoms with Gasteiger partial charge in [-0.1, -0.05) is 30.3 Å². The maximum atomic E-state index is 13.3. The Balaban J connectivity index is 1.58. The van der Waals surface area contributed by atoms with Gasteiger partial charge >= 0.3 is 0 Å². The number of carbonyl (C=O) groups is 1. The minimum absolute atomic E-state index is 0.0275. The number of rotatable bonds is 3. The van der Waals surface area contributed by atoms with Crippen LogP contribution in [0.2, 0.25) is 0 Å². The van der Waals surface area contributed by atoms with Gasteiger partial charge in [-0.2, -0.15) is 0 Å². The van der Waals surface area contributed by atoms with E-state index >= 15 is 0 Å². The molecule has 0 spiro atoms. The third-order valence-electron chi connectivity index (χ3n) is 6.12. The summed E-state index contributed by atoms with van der Waals surface area (Å²) >= 11 is 0. The molecule has 0 amide bonds. The minimum atomic E-state index is -0.0275. The minimum Gasteiger partial charge on any atom is -0.497 e. The first-order valence-electron chi connectivity index (χ1n) is 9.97. The fourth-order valence-electron chi connectivity index (χ4n) is 4.65. The molecule has 1 unspecified atom stereocenters. The summed E-state index contributed by atoms with van der Waals surface area (Å²) in [4.78, 5) is 15.9. The van der Waals surface area contributed by atoms with Gasteiger partial charge in [0.05, 0.1) is 12.6 Å². The smallest absolute Gasteiger partial charge is 0.262 e. The second-order valence-corrected chi connectivity index (χ2v) is 7.69. The van der Waals surface area contributed by atoms with Crippen molar-refractivity contribution < 1.29 is 9.53 Å². The maximum absolute atomic E-state index is 13.3. The molecular weight excluding hydrogens is 348 g/mol. The highest BCUT2D eigenvalue weighted by molar-refractivity contribution is 6.05. The highest BCUT2D eigenvalue weighted by atomic mass is 16.5. The molecule has 1 saturated heterocycles. The van der Waals surface area contributed by atoms with Crippen LogP contribution in [-0.4, -0.2) is 41.6 Å². The summed E-state index contributed by atoms with van der Waals surface area (Å²) in [7, 11) is 1.62. The Labute approximate surface area is 165 Å². The molecule has 5 rings (SSSR count). The first-order chi connectivity index (χ1) is 13.7. The number of hydrogen-bond acceptors (Lipinski definition) is 3. The van der Waals surface area contributed by atoms with Crippen LogP contribution in [0.15, 0.2) is 60.8 Å². The molecule has 1 aromatic heterocycles. The van der Waals surface area contributed by atoms with Crippen LogP contribution < -0.4 is 4.74 Å². The summed E-state index contributed by atoms with van der Waals surface area (Å²) in [5, 5.41) is 1.15. The molecule has 28 heavy (non-hydrogen) atoms. The van der Waals surface area contributed by atoms with E-state index in [-0.39, 0.29) is 5.91 Å². The Morgan fingerprint density at radius 1 is 1.14 bits per heavy atom. The maximum Gasteiger partial charge on any atom is 0.262 e. The van der Waals surface area contributed by atoms with Crippen molar-refractivity contribution in [2.75, 3.05) is 20.2 Å². The van der Waals surface area contributed by atoms with Crippen molar-refractivity contribution in [1.29, 1.82) is 0 Å². The van der Waals surface area contributed by atoms with Crippen LogP contribution >= 0.6 is 0 Å². The number of fused-ring (bicyclic) bond motifs is 2. The zero-order chi connectivity index (χ0) is 19.1. The number of carbonyl (C=O) groups excluding carboxylic acids is 1. The lowest BCUT2D eigenvalue weighted by atomic mass is 9.94. The van der Waals surface area contributed by atoms with E-state index in [1.165, 1.54) is 30.5 Å². The lowest BCUT2D eigenvalue weighted by molar-refractivity contribution is 0.0964. The van der Waals surface area contributed by atoms with E-state index in [2.05, 4.69) is 23.1 Å². The Bertz CT molecular complexity index is 1080. The van der Waals surface area contributed by atoms with Crippen molar-refractivity contribution in [3.8, 4) is 5.75 Å². The molecule has 2 aliphatic heterocycles. The van der Waals surface area contributed by atoms with E-state index in [1.807, 2.05) is 36.5 Å². The molecule has 0 radical (unpaired) electrons. The van der Waals surface area contributed by atoms with Crippen LogP contribution in [0, 0.1) is 0 Å². The number of aromatic nitrogens is 1. The predicted octanol–water partition coefficient (Wildman–Crippen LogP) is 4.59. The molecule has 1 atom stereocenters. The molecule has 0 bridgehead atoms. The SMILES string of the molecule is COc1cccc(C(=O)n2cc(C3=CCN4CCCC4C3)c3ccccc32)c1. The van der Waals surface area contributed by atoms with E-state index in [1.54, 1.807) is 17.7 Å². The van der Waals surface area contributed by atoms with Crippen molar-refractivity contribution >= 4 is 22.4 Å². The average molecular weight is 372 g/mol. The molecule has 0 N–H and O–H groups in total. The van der Waals surface area contributed by atoms with E-state index in [0.29, 0.717) is 17.4 Å². The van der Waals surface area contributed by atoms with Crippen LogP contribution in [0.25, 0.3) is 16.5 Å². The van der Waals surface area contributed by atoms with Gasteiger partial charge in [0.1, 0.15) is 5.75 Å². The van der Waals surface area contributed by atoms with Crippen molar-refractivity contribution in [2.45, 2.75) is 25.3 Å². The normalized spacial score (nSPS) is 19.5. The van der Waals surface area contributed by atoms with Crippen LogP contribution in [0.1, 0.15) is 35.2 Å². The van der Waals surface area contributed by atoms with E-state index in [9.17, 15) is 4.79 Å². The largest absolute Gasteiger partial charge is 0.497 e. The first-order valence-corrected chi connectivity index (χ1v) is 9.97. The first kappa shape index (κ1) is 17.3. The third-order valence-corrected chi connectivity index (χ3v) is 6.12. The molecular formula is C24H24N2O2. The molecule has 2 aliphatic rings. The summed E-state index contributed by atoms with van der Waals surface area (Å²) < 4.78 is 7.09. The van der Waals surface area contributed by atoms with Crippen LogP contribution in [-0.2, 0) is 0 Å². The van der Waals surface area contributed by atoms with Gasteiger partial charge in [-0.05, 0) is 55.6 Å². The molecule has 4 heteroatoms. The van der Waals surface area contributed by atoms with Gasteiger partial charge in [0.2, 0.25) is 0 Å². The molecule has 0 saturated carbocycles. The number of nitrogens with zero attached hydrogens (tertiary/aromatic N) is 2. The fraction of sp³-hybridized carbons (Fsp3) is 0.292. The lowest BCUT2D eigenvalue weighted by Crippen LogP contribution is -2.32. The van der Waals surface area contributed by atoms with Gasteiger partial charge in [0.25, 0.3) is 5.91 Å². The Hall–Kier alpha value is -2.85. The number of para-hydroxylation sites is 1. The lowest BCUT2D eigenvalue weighted by Gasteiger charge is -2.29. The van der Waals surface area contributed by atoms with Crippen LogP contribution in [0.5, 0.6) is 5.75 Å². The van der Waals surface area contributed by atoms with Crippen molar-refractivity contribution in [2.24, 2.45) is 0 Å². The second-order valence-electron chi connectivity index (χ2n) is 7.69. The van der Waals surface area contributed by atoms with E-state index in [4.69, 9.17) is 4.74 Å². The zero-order valence-electron chi connectivity index (χ0n) is 16.1. The summed E-state index contributed by atoms with van der Waals surface area (Å²) in [6.45, 7) is 2.23. The molecule has 4 nitrogen and oxygen atoms in total. The van der Waals surface area contributed by atoms with E-state index in [0.717, 1.165) is 23.9 Å². The summed E-state index contributed by atoms with van der Waals surface area (Å²) in [6, 6.07) is 16.2. The molecule has 1 fully saturated rings. The standard InChI is InChI=1S/C24H24N2O2/c1-28-20-8-4-6-18(15-20)24(27)26-16-22(21-9-2-3-10-23(21)26)17-11-13-25-12-5-7-19(25)14-17/h2-4,6,8-11,15-16,19H,5,7,12-14H2,1H3. The topological polar surface area (TPSA) is 34.5 Å². The van der Waals surface area contributed by atoms with Crippen LogP contribution in [0.4, 0.5) is 0 Å². The second kappa shape index (κ2) is 6.95. The predicted molar refractivity (Wildman–Crippen MR) is 112 cm³/mol. The van der Waals surface area contributed by atoms with Gasteiger partial charge in [-0.3, -0.25) is 14.3 Å². The van der Waals surface area contributed by atoms with Gasteiger partial charge in [-0.25, -0.2) is 0 Å². The third kappa shape index (κ3) is 2.85. The van der Waals surface area contributed by atoms with Crippen LogP contribution in [0.3, 0.4) is 0 Å². The van der Waals surface area contributed by atoms with Crippen molar-refractivity contribution in [3.05, 3.63) is 71.9 Å². The zero-order valence-corrected chi connectivity index (χ0v) is 16.1. The summed E-state index contributed by atoms with van der Waals surface area (Å²) in [5.41, 5.74) is 4.15. The number of ether oxygens (including phenoxy) is 1. The molecule has 142 valence electrons. The Morgan fingerprint density at radius 3 is 2.93 bits per heavy atom. The Morgan fingerprint density at radius 2 is 2.04 bits per heavy atom. The molecule has 3 heterocycles. The molecule has 2 aromatic carbocycles. The quantitative estimate of drug-likeness (QED) is 0.674. The van der Waals surface area contributed by atoms with Gasteiger partial charge in [0, 0.05) is 35.3 Å². The van der Waals surface area contributed by atoms with Gasteiger partial charge in [-0.15, -0.1) is 0 Å².